The van der Waals surface area contributed by atoms with Crippen molar-refractivity contribution in [3.63, 3.8) is 0 Å². The lowest BCUT2D eigenvalue weighted by molar-refractivity contribution is -0.131. The molecule has 1 N–H and O–H groups in total. The Morgan fingerprint density at radius 3 is 2.75 bits per heavy atom. The first-order valence-corrected chi connectivity index (χ1v) is 8.28. The van der Waals surface area contributed by atoms with E-state index in [4.69, 9.17) is 16.9 Å². The van der Waals surface area contributed by atoms with Gasteiger partial charge >= 0.3 is 0 Å². The van der Waals surface area contributed by atoms with E-state index in [-0.39, 0.29) is 12.3 Å². The fourth-order valence-electron chi connectivity index (χ4n) is 2.86. The normalized spacial score (nSPS) is 13.1. The highest BCUT2D eigenvalue weighted by Gasteiger charge is 2.20. The molecular formula is C19H18ClN3O. The fraction of sp³-hybridized carbons (Fsp3) is 0.263. The zero-order valence-corrected chi connectivity index (χ0v) is 14.0. The van der Waals surface area contributed by atoms with E-state index in [1.54, 1.807) is 4.90 Å². The molecule has 4 nitrogen and oxygen atoms in total. The van der Waals surface area contributed by atoms with Gasteiger partial charge in [-0.15, -0.1) is 0 Å². The van der Waals surface area contributed by atoms with Gasteiger partial charge in [-0.3, -0.25) is 4.79 Å². The number of carbonyl (C=O) groups is 1. The molecule has 1 aliphatic rings. The molecule has 5 heteroatoms. The van der Waals surface area contributed by atoms with Crippen LogP contribution < -0.4 is 5.32 Å². The largest absolute Gasteiger partial charge is 0.381 e. The van der Waals surface area contributed by atoms with Gasteiger partial charge in [-0.25, -0.2) is 0 Å². The van der Waals surface area contributed by atoms with Gasteiger partial charge in [0.25, 0.3) is 0 Å². The average molecular weight is 340 g/mol. The smallest absolute Gasteiger partial charge is 0.237 e. The number of hydrogen-bond acceptors (Lipinski definition) is 3. The van der Waals surface area contributed by atoms with Crippen LogP contribution in [0.1, 0.15) is 23.1 Å². The summed E-state index contributed by atoms with van der Waals surface area (Å²) in [5.74, 6) is -0.0897. The van der Waals surface area contributed by atoms with E-state index in [0.717, 1.165) is 29.2 Å². The van der Waals surface area contributed by atoms with Crippen LogP contribution in [0.3, 0.4) is 0 Å². The quantitative estimate of drug-likeness (QED) is 0.923. The van der Waals surface area contributed by atoms with Crippen LogP contribution >= 0.6 is 11.6 Å². The predicted molar refractivity (Wildman–Crippen MR) is 94.6 cm³/mol. The van der Waals surface area contributed by atoms with Crippen molar-refractivity contribution in [2.75, 3.05) is 11.9 Å². The number of hydrogen-bond donors (Lipinski definition) is 1. The summed E-state index contributed by atoms with van der Waals surface area (Å²) >= 11 is 5.90. The lowest BCUT2D eigenvalue weighted by Crippen LogP contribution is -2.35. The first-order valence-electron chi connectivity index (χ1n) is 7.90. The number of nitrogens with one attached hydrogen (secondary N) is 1. The number of anilines is 1. The molecule has 0 atom stereocenters. The van der Waals surface area contributed by atoms with Gasteiger partial charge in [-0.2, -0.15) is 5.26 Å². The predicted octanol–water partition coefficient (Wildman–Crippen LogP) is 3.75. The Kier molecular flexibility index (Phi) is 5.02. The summed E-state index contributed by atoms with van der Waals surface area (Å²) in [7, 11) is 0. The van der Waals surface area contributed by atoms with Crippen molar-refractivity contribution in [2.45, 2.75) is 25.9 Å². The zero-order chi connectivity index (χ0) is 16.9. The molecule has 24 heavy (non-hydrogen) atoms. The second-order valence-corrected chi connectivity index (χ2v) is 6.30. The summed E-state index contributed by atoms with van der Waals surface area (Å²) in [5, 5.41) is 12.8. The van der Waals surface area contributed by atoms with Gasteiger partial charge in [-0.1, -0.05) is 29.8 Å². The Labute approximate surface area is 146 Å². The summed E-state index contributed by atoms with van der Waals surface area (Å²) in [6, 6.07) is 16.0. The highest BCUT2D eigenvalue weighted by Crippen LogP contribution is 2.23. The molecule has 3 rings (SSSR count). The molecule has 0 radical (unpaired) electrons. The summed E-state index contributed by atoms with van der Waals surface area (Å²) in [4.78, 5) is 13.6. The van der Waals surface area contributed by atoms with E-state index in [0.29, 0.717) is 13.1 Å². The Bertz CT molecular complexity index is 780. The van der Waals surface area contributed by atoms with E-state index < -0.39 is 0 Å². The number of rotatable bonds is 4. The van der Waals surface area contributed by atoms with Crippen molar-refractivity contribution >= 4 is 23.2 Å². The molecule has 0 bridgehead atoms. The second-order valence-electron chi connectivity index (χ2n) is 5.86. The fourth-order valence-corrected chi connectivity index (χ4v) is 2.99. The standard InChI is InChI=1S/C19H18ClN3O/c20-17-4-1-14(2-5-17)12-22-18-6-3-16-13-23(19(24)7-9-21)10-8-15(16)11-18/h1-6,11,22H,7-8,10,12-13H2. The molecule has 0 spiro atoms. The van der Waals surface area contributed by atoms with E-state index in [1.165, 1.54) is 11.1 Å². The van der Waals surface area contributed by atoms with E-state index >= 15 is 0 Å². The maximum Gasteiger partial charge on any atom is 0.237 e. The molecule has 1 amide bonds. The number of amides is 1. The van der Waals surface area contributed by atoms with Crippen molar-refractivity contribution < 1.29 is 4.79 Å². The van der Waals surface area contributed by atoms with Crippen molar-refractivity contribution in [3.8, 4) is 6.07 Å². The maximum atomic E-state index is 11.8. The highest BCUT2D eigenvalue weighted by molar-refractivity contribution is 6.30. The van der Waals surface area contributed by atoms with E-state index in [1.807, 2.05) is 36.4 Å². The number of benzene rings is 2. The molecule has 0 aromatic heterocycles. The molecular weight excluding hydrogens is 322 g/mol. The van der Waals surface area contributed by atoms with Gasteiger partial charge in [0.05, 0.1) is 6.07 Å². The first-order chi connectivity index (χ1) is 11.7. The summed E-state index contributed by atoms with van der Waals surface area (Å²) in [5.41, 5.74) is 4.66. The molecule has 0 fully saturated rings. The first kappa shape index (κ1) is 16.4. The minimum Gasteiger partial charge on any atom is -0.381 e. The van der Waals surface area contributed by atoms with Crippen LogP contribution in [-0.2, 0) is 24.3 Å². The number of carbonyl (C=O) groups excluding carboxylic acids is 1. The summed E-state index contributed by atoms with van der Waals surface area (Å²) < 4.78 is 0. The van der Waals surface area contributed by atoms with Gasteiger partial charge in [-0.05, 0) is 47.4 Å². The Morgan fingerprint density at radius 1 is 1.21 bits per heavy atom. The molecule has 1 heterocycles. The van der Waals surface area contributed by atoms with Crippen LogP contribution in [0.2, 0.25) is 5.02 Å². The van der Waals surface area contributed by atoms with Crippen LogP contribution in [0, 0.1) is 11.3 Å². The number of fused-ring (bicyclic) bond motifs is 1. The van der Waals surface area contributed by atoms with E-state index in [2.05, 4.69) is 17.4 Å². The van der Waals surface area contributed by atoms with Crippen molar-refractivity contribution in [1.29, 1.82) is 5.26 Å². The van der Waals surface area contributed by atoms with Crippen LogP contribution in [-0.4, -0.2) is 17.4 Å². The molecule has 0 saturated carbocycles. The van der Waals surface area contributed by atoms with Crippen molar-refractivity contribution in [1.82, 2.24) is 4.90 Å². The van der Waals surface area contributed by atoms with Crippen molar-refractivity contribution in [2.24, 2.45) is 0 Å². The Hall–Kier alpha value is -2.51. The number of nitriles is 1. The second kappa shape index (κ2) is 7.37. The van der Waals surface area contributed by atoms with Gasteiger partial charge in [0.2, 0.25) is 5.91 Å². The Balaban J connectivity index is 1.64. The third-order valence-corrected chi connectivity index (χ3v) is 4.46. The maximum absolute atomic E-state index is 11.8. The molecule has 0 aliphatic carbocycles. The molecule has 2 aromatic rings. The monoisotopic (exact) mass is 339 g/mol. The molecule has 0 unspecified atom stereocenters. The summed E-state index contributed by atoms with van der Waals surface area (Å²) in [6.07, 6.45) is 0.777. The number of halogens is 1. The minimum absolute atomic E-state index is 0.0456. The molecule has 2 aromatic carbocycles. The van der Waals surface area contributed by atoms with Crippen LogP contribution in [0.5, 0.6) is 0 Å². The lowest BCUT2D eigenvalue weighted by atomic mass is 9.98. The van der Waals surface area contributed by atoms with Crippen LogP contribution in [0.4, 0.5) is 5.69 Å². The zero-order valence-electron chi connectivity index (χ0n) is 13.3. The number of nitrogens with zero attached hydrogens (tertiary/aromatic N) is 2. The SMILES string of the molecule is N#CCC(=O)N1CCc2cc(NCc3ccc(Cl)cc3)ccc2C1. The van der Waals surface area contributed by atoms with E-state index in [9.17, 15) is 4.79 Å². The lowest BCUT2D eigenvalue weighted by Gasteiger charge is -2.28. The third-order valence-electron chi connectivity index (χ3n) is 4.21. The van der Waals surface area contributed by atoms with Gasteiger partial charge in [0.1, 0.15) is 6.42 Å². The van der Waals surface area contributed by atoms with Gasteiger partial charge < -0.3 is 10.2 Å². The minimum atomic E-state index is -0.0897. The van der Waals surface area contributed by atoms with Gasteiger partial charge in [0, 0.05) is 30.3 Å². The molecule has 122 valence electrons. The topological polar surface area (TPSA) is 56.1 Å². The van der Waals surface area contributed by atoms with Crippen LogP contribution in [0.15, 0.2) is 42.5 Å². The highest BCUT2D eigenvalue weighted by atomic mass is 35.5. The Morgan fingerprint density at radius 2 is 2.00 bits per heavy atom. The van der Waals surface area contributed by atoms with Crippen molar-refractivity contribution in [3.05, 3.63) is 64.2 Å². The van der Waals surface area contributed by atoms with Crippen LogP contribution in [0.25, 0.3) is 0 Å². The summed E-state index contributed by atoms with van der Waals surface area (Å²) in [6.45, 7) is 2.00. The third kappa shape index (κ3) is 3.87. The van der Waals surface area contributed by atoms with Gasteiger partial charge in [0.15, 0.2) is 0 Å². The molecule has 1 aliphatic heterocycles. The molecule has 0 saturated heterocycles. The average Bonchev–Trinajstić information content (AvgIpc) is 2.61.